The molecule has 3 rings (SSSR count). The van der Waals surface area contributed by atoms with Crippen LogP contribution >= 0.6 is 0 Å². The first-order chi connectivity index (χ1) is 9.29. The van der Waals surface area contributed by atoms with E-state index >= 15 is 0 Å². The Morgan fingerprint density at radius 2 is 2.37 bits per heavy atom. The van der Waals surface area contributed by atoms with Crippen LogP contribution in [0.1, 0.15) is 19.0 Å². The summed E-state index contributed by atoms with van der Waals surface area (Å²) in [6.07, 6.45) is 6.28. The topological polar surface area (TPSA) is 70.7 Å². The summed E-state index contributed by atoms with van der Waals surface area (Å²) >= 11 is 0. The molecular weight excluding hydrogens is 260 g/mol. The fraction of sp³-hybridized carbons (Fsp3) is 0.231. The quantitative estimate of drug-likeness (QED) is 0.897. The van der Waals surface area contributed by atoms with Gasteiger partial charge in [-0.2, -0.15) is 5.10 Å². The summed E-state index contributed by atoms with van der Waals surface area (Å²) in [7, 11) is -0.886. The summed E-state index contributed by atoms with van der Waals surface area (Å²) in [4.78, 5) is 5.12. The molecule has 0 spiro atoms. The summed E-state index contributed by atoms with van der Waals surface area (Å²) in [5.74, 6) is 0.646. The van der Waals surface area contributed by atoms with Gasteiger partial charge in [-0.1, -0.05) is 13.0 Å². The van der Waals surface area contributed by atoms with E-state index in [-0.39, 0.29) is 0 Å². The number of dihydropyridines is 1. The van der Waals surface area contributed by atoms with Gasteiger partial charge in [-0.15, -0.1) is 0 Å². The van der Waals surface area contributed by atoms with Crippen molar-refractivity contribution >= 4 is 27.5 Å². The van der Waals surface area contributed by atoms with Gasteiger partial charge in [0.2, 0.25) is 0 Å². The number of aromatic amines is 1. The molecule has 0 aromatic carbocycles. The van der Waals surface area contributed by atoms with Gasteiger partial charge >= 0.3 is 0 Å². The fourth-order valence-corrected chi connectivity index (χ4v) is 2.88. The molecule has 0 radical (unpaired) electrons. The second-order valence-corrected chi connectivity index (χ2v) is 5.98. The van der Waals surface area contributed by atoms with Crippen LogP contribution in [0.5, 0.6) is 0 Å². The SMILES string of the molecule is CCS(=O)C1=CNC(c2[nH]nc3ncccc23)=CC1. The highest BCUT2D eigenvalue weighted by Gasteiger charge is 2.14. The molecule has 2 aromatic heterocycles. The number of fused-ring (bicyclic) bond motifs is 1. The highest BCUT2D eigenvalue weighted by atomic mass is 32.2. The van der Waals surface area contributed by atoms with Gasteiger partial charge in [-0.25, -0.2) is 4.98 Å². The minimum Gasteiger partial charge on any atom is -0.359 e. The number of nitrogens with one attached hydrogen (secondary N) is 2. The van der Waals surface area contributed by atoms with E-state index in [1.165, 1.54) is 0 Å². The van der Waals surface area contributed by atoms with Crippen LogP contribution in [-0.2, 0) is 10.8 Å². The Morgan fingerprint density at radius 3 is 3.11 bits per heavy atom. The smallest absolute Gasteiger partial charge is 0.181 e. The number of hydrogen-bond donors (Lipinski definition) is 2. The lowest BCUT2D eigenvalue weighted by molar-refractivity contribution is 0.686. The Balaban J connectivity index is 1.90. The second kappa shape index (κ2) is 4.97. The van der Waals surface area contributed by atoms with Gasteiger partial charge in [0.15, 0.2) is 5.65 Å². The van der Waals surface area contributed by atoms with Crippen molar-refractivity contribution in [2.24, 2.45) is 0 Å². The maximum absolute atomic E-state index is 11.7. The van der Waals surface area contributed by atoms with Gasteiger partial charge < -0.3 is 5.32 Å². The maximum Gasteiger partial charge on any atom is 0.181 e. The zero-order valence-electron chi connectivity index (χ0n) is 10.5. The lowest BCUT2D eigenvalue weighted by atomic mass is 10.1. The molecule has 0 fully saturated rings. The lowest BCUT2D eigenvalue weighted by Gasteiger charge is -2.14. The largest absolute Gasteiger partial charge is 0.359 e. The molecule has 0 amide bonds. The van der Waals surface area contributed by atoms with E-state index in [1.54, 1.807) is 6.20 Å². The Labute approximate surface area is 113 Å². The number of aromatic nitrogens is 3. The van der Waals surface area contributed by atoms with E-state index in [0.29, 0.717) is 17.8 Å². The fourth-order valence-electron chi connectivity index (χ4n) is 2.05. The molecule has 2 aromatic rings. The van der Waals surface area contributed by atoms with E-state index in [4.69, 9.17) is 0 Å². The van der Waals surface area contributed by atoms with Crippen molar-refractivity contribution in [3.05, 3.63) is 41.2 Å². The Bertz CT molecular complexity index is 701. The molecular formula is C13H14N4OS. The molecule has 19 heavy (non-hydrogen) atoms. The molecule has 1 atom stereocenters. The van der Waals surface area contributed by atoms with Crippen molar-refractivity contribution < 1.29 is 4.21 Å². The third-order valence-electron chi connectivity index (χ3n) is 3.05. The highest BCUT2D eigenvalue weighted by molar-refractivity contribution is 7.88. The van der Waals surface area contributed by atoms with Crippen LogP contribution in [0.25, 0.3) is 16.7 Å². The lowest BCUT2D eigenvalue weighted by Crippen LogP contribution is -2.13. The number of rotatable bonds is 3. The molecule has 2 N–H and O–H groups in total. The minimum atomic E-state index is -0.886. The van der Waals surface area contributed by atoms with Gasteiger partial charge in [0.1, 0.15) is 0 Å². The van der Waals surface area contributed by atoms with Gasteiger partial charge in [0.05, 0.1) is 22.2 Å². The molecule has 1 aliphatic heterocycles. The number of hydrogen-bond acceptors (Lipinski definition) is 4. The maximum atomic E-state index is 11.7. The number of allylic oxidation sites excluding steroid dienone is 2. The van der Waals surface area contributed by atoms with Crippen LogP contribution in [0.3, 0.4) is 0 Å². The van der Waals surface area contributed by atoms with Crippen LogP contribution in [0, 0.1) is 0 Å². The van der Waals surface area contributed by atoms with E-state index in [0.717, 1.165) is 21.7 Å². The van der Waals surface area contributed by atoms with Crippen molar-refractivity contribution in [1.82, 2.24) is 20.5 Å². The molecule has 0 aliphatic carbocycles. The third kappa shape index (κ3) is 2.19. The summed E-state index contributed by atoms with van der Waals surface area (Å²) < 4.78 is 11.7. The minimum absolute atomic E-state index is 0.646. The van der Waals surface area contributed by atoms with Gasteiger partial charge in [-0.3, -0.25) is 9.31 Å². The average molecular weight is 274 g/mol. The first-order valence-corrected chi connectivity index (χ1v) is 7.45. The first kappa shape index (κ1) is 12.1. The summed E-state index contributed by atoms with van der Waals surface area (Å²) in [5, 5.41) is 11.3. The van der Waals surface area contributed by atoms with Gasteiger partial charge in [0, 0.05) is 34.9 Å². The van der Waals surface area contributed by atoms with Crippen molar-refractivity contribution in [3.8, 4) is 0 Å². The van der Waals surface area contributed by atoms with Crippen LogP contribution in [-0.4, -0.2) is 25.1 Å². The standard InChI is InChI=1S/C13H14N4OS/c1-2-19(18)9-5-6-11(15-8-9)12-10-4-3-7-14-13(10)17-16-12/h3-4,6-8,15H,2,5H2,1H3,(H,14,16,17). The molecule has 98 valence electrons. The Morgan fingerprint density at radius 1 is 1.47 bits per heavy atom. The zero-order chi connectivity index (χ0) is 13.2. The molecule has 0 saturated heterocycles. The third-order valence-corrected chi connectivity index (χ3v) is 4.44. The van der Waals surface area contributed by atoms with E-state index in [1.807, 2.05) is 31.3 Å². The Hall–Kier alpha value is -1.95. The van der Waals surface area contributed by atoms with E-state index in [9.17, 15) is 4.21 Å². The van der Waals surface area contributed by atoms with E-state index < -0.39 is 10.8 Å². The normalized spacial score (nSPS) is 16.7. The molecule has 1 aliphatic rings. The zero-order valence-corrected chi connectivity index (χ0v) is 11.3. The molecule has 0 saturated carbocycles. The van der Waals surface area contributed by atoms with Gasteiger partial charge in [-0.05, 0) is 12.1 Å². The average Bonchev–Trinajstić information content (AvgIpc) is 2.90. The predicted molar refractivity (Wildman–Crippen MR) is 76.4 cm³/mol. The first-order valence-electron chi connectivity index (χ1n) is 6.13. The summed E-state index contributed by atoms with van der Waals surface area (Å²) in [6, 6.07) is 3.87. The van der Waals surface area contributed by atoms with Gasteiger partial charge in [0.25, 0.3) is 0 Å². The molecule has 0 bridgehead atoms. The molecule has 1 unspecified atom stereocenters. The second-order valence-electron chi connectivity index (χ2n) is 4.18. The summed E-state index contributed by atoms with van der Waals surface area (Å²) in [6.45, 7) is 1.92. The van der Waals surface area contributed by atoms with E-state index in [2.05, 4.69) is 20.5 Å². The highest BCUT2D eigenvalue weighted by Crippen LogP contribution is 2.24. The number of H-pyrrole nitrogens is 1. The Kier molecular flexibility index (Phi) is 3.16. The monoisotopic (exact) mass is 274 g/mol. The van der Waals surface area contributed by atoms with Crippen LogP contribution in [0.4, 0.5) is 0 Å². The van der Waals surface area contributed by atoms with Crippen LogP contribution in [0.2, 0.25) is 0 Å². The van der Waals surface area contributed by atoms with Crippen molar-refractivity contribution in [1.29, 1.82) is 0 Å². The molecule has 5 nitrogen and oxygen atoms in total. The summed E-state index contributed by atoms with van der Waals surface area (Å²) in [5.41, 5.74) is 2.57. The molecule has 6 heteroatoms. The van der Waals surface area contributed by atoms with Crippen molar-refractivity contribution in [2.75, 3.05) is 5.75 Å². The number of nitrogens with zero attached hydrogens (tertiary/aromatic N) is 2. The van der Waals surface area contributed by atoms with Crippen molar-refractivity contribution in [2.45, 2.75) is 13.3 Å². The van der Waals surface area contributed by atoms with Crippen LogP contribution < -0.4 is 5.32 Å². The van der Waals surface area contributed by atoms with Crippen molar-refractivity contribution in [3.63, 3.8) is 0 Å². The predicted octanol–water partition coefficient (Wildman–Crippen LogP) is 1.90. The van der Waals surface area contributed by atoms with Crippen LogP contribution in [0.15, 0.2) is 35.5 Å². The number of pyridine rings is 1. The molecule has 3 heterocycles.